The fourth-order valence-electron chi connectivity index (χ4n) is 1.48. The molecule has 0 aliphatic heterocycles. The first-order valence-corrected chi connectivity index (χ1v) is 4.21. The van der Waals surface area contributed by atoms with Crippen molar-refractivity contribution in [1.29, 1.82) is 0 Å². The lowest BCUT2D eigenvalue weighted by atomic mass is 10.0. The fourth-order valence-corrected chi connectivity index (χ4v) is 1.48. The van der Waals surface area contributed by atoms with Crippen LogP contribution < -0.4 is 0 Å². The standard InChI is InChI=1S/C12H10/c1-2-10-7-5-8-11-6-3-4-9-12(10)11/h5-9H,2H2,1H3. The van der Waals surface area contributed by atoms with Crippen molar-refractivity contribution in [3.8, 4) is 0 Å². The van der Waals surface area contributed by atoms with E-state index in [-0.39, 0.29) is 0 Å². The van der Waals surface area contributed by atoms with E-state index in [1.807, 2.05) is 12.1 Å². The third-order valence-corrected chi connectivity index (χ3v) is 2.14. The van der Waals surface area contributed by atoms with E-state index in [1.165, 1.54) is 16.3 Å². The van der Waals surface area contributed by atoms with Gasteiger partial charge in [0.2, 0.25) is 0 Å². The smallest absolute Gasteiger partial charge is 0.00337 e. The van der Waals surface area contributed by atoms with E-state index in [1.54, 1.807) is 0 Å². The van der Waals surface area contributed by atoms with Crippen LogP contribution in [0.2, 0.25) is 0 Å². The zero-order valence-corrected chi connectivity index (χ0v) is 7.09. The minimum absolute atomic E-state index is 1.08. The number of rotatable bonds is 1. The molecular formula is C12H10. The molecule has 0 saturated carbocycles. The molecule has 0 fully saturated rings. The van der Waals surface area contributed by atoms with E-state index in [9.17, 15) is 0 Å². The van der Waals surface area contributed by atoms with Gasteiger partial charge in [-0.25, -0.2) is 0 Å². The van der Waals surface area contributed by atoms with Crippen molar-refractivity contribution in [2.45, 2.75) is 13.3 Å². The van der Waals surface area contributed by atoms with Crippen LogP contribution in [0.25, 0.3) is 10.8 Å². The molecule has 0 heterocycles. The van der Waals surface area contributed by atoms with Gasteiger partial charge in [-0.05, 0) is 34.9 Å². The molecule has 0 spiro atoms. The van der Waals surface area contributed by atoms with Gasteiger partial charge in [0, 0.05) is 0 Å². The van der Waals surface area contributed by atoms with Crippen molar-refractivity contribution < 1.29 is 0 Å². The highest BCUT2D eigenvalue weighted by Gasteiger charge is 1.95. The Morgan fingerprint density at radius 1 is 1.17 bits per heavy atom. The summed E-state index contributed by atoms with van der Waals surface area (Å²) in [5.74, 6) is 0. The Kier molecular flexibility index (Phi) is 1.72. The van der Waals surface area contributed by atoms with Gasteiger partial charge in [-0.2, -0.15) is 0 Å². The van der Waals surface area contributed by atoms with Crippen molar-refractivity contribution in [3.63, 3.8) is 0 Å². The van der Waals surface area contributed by atoms with Crippen molar-refractivity contribution in [2.24, 2.45) is 0 Å². The highest BCUT2D eigenvalue weighted by atomic mass is 14.0. The highest BCUT2D eigenvalue weighted by molar-refractivity contribution is 5.84. The second-order valence-corrected chi connectivity index (χ2v) is 2.85. The summed E-state index contributed by atoms with van der Waals surface area (Å²) in [7, 11) is 0. The van der Waals surface area contributed by atoms with Crippen LogP contribution >= 0.6 is 0 Å². The Bertz CT molecular complexity index is 383. The first-order chi connectivity index (χ1) is 5.92. The summed E-state index contributed by atoms with van der Waals surface area (Å²) in [5.41, 5.74) is 1.39. The summed E-state index contributed by atoms with van der Waals surface area (Å²) in [5, 5.41) is 2.56. The Hall–Kier alpha value is -1.48. The maximum Gasteiger partial charge on any atom is -0.00337 e. The molecule has 2 aromatic rings. The van der Waals surface area contributed by atoms with Gasteiger partial charge >= 0.3 is 0 Å². The lowest BCUT2D eigenvalue weighted by molar-refractivity contribution is 1.16. The molecule has 0 bridgehead atoms. The molecule has 2 aromatic carbocycles. The van der Waals surface area contributed by atoms with Gasteiger partial charge in [0.25, 0.3) is 0 Å². The lowest BCUT2D eigenvalue weighted by Crippen LogP contribution is -1.80. The minimum Gasteiger partial charge on any atom is -0.0696 e. The second kappa shape index (κ2) is 2.87. The maximum atomic E-state index is 2.99. The second-order valence-electron chi connectivity index (χ2n) is 2.85. The summed E-state index contributed by atoms with van der Waals surface area (Å²) >= 11 is 0. The van der Waals surface area contributed by atoms with Crippen molar-refractivity contribution in [1.82, 2.24) is 0 Å². The molecular weight excluding hydrogens is 144 g/mol. The van der Waals surface area contributed by atoms with Crippen molar-refractivity contribution in [3.05, 3.63) is 48.0 Å². The van der Waals surface area contributed by atoms with E-state index in [4.69, 9.17) is 0 Å². The first kappa shape index (κ1) is 7.18. The molecule has 12 heavy (non-hydrogen) atoms. The lowest BCUT2D eigenvalue weighted by Gasteiger charge is -2.00. The molecule has 0 aliphatic rings. The predicted molar refractivity (Wildman–Crippen MR) is 51.0 cm³/mol. The Morgan fingerprint density at radius 2 is 2.00 bits per heavy atom. The van der Waals surface area contributed by atoms with Gasteiger partial charge in [-0.15, -0.1) is 0 Å². The van der Waals surface area contributed by atoms with Crippen molar-refractivity contribution >= 4 is 10.8 Å². The number of benzene rings is 1. The van der Waals surface area contributed by atoms with Gasteiger partial charge in [-0.3, -0.25) is 0 Å². The van der Waals surface area contributed by atoms with Crippen LogP contribution in [0, 0.1) is 12.1 Å². The van der Waals surface area contributed by atoms with E-state index in [2.05, 4.69) is 37.3 Å². The van der Waals surface area contributed by atoms with Crippen LogP contribution in [-0.4, -0.2) is 0 Å². The molecule has 58 valence electrons. The number of hydrogen-bond acceptors (Lipinski definition) is 0. The molecule has 0 aromatic heterocycles. The van der Waals surface area contributed by atoms with Crippen LogP contribution in [0.1, 0.15) is 12.5 Å². The van der Waals surface area contributed by atoms with Gasteiger partial charge < -0.3 is 0 Å². The average Bonchev–Trinajstić information content (AvgIpc) is 2.17. The normalized spacial score (nSPS) is 9.75. The van der Waals surface area contributed by atoms with Crippen LogP contribution in [0.15, 0.2) is 30.3 Å². The molecule has 0 atom stereocenters. The van der Waals surface area contributed by atoms with Gasteiger partial charge in [-0.1, -0.05) is 37.3 Å². The van der Waals surface area contributed by atoms with E-state index in [0.717, 1.165) is 6.42 Å². The molecule has 0 saturated heterocycles. The zero-order valence-electron chi connectivity index (χ0n) is 7.09. The largest absolute Gasteiger partial charge is 0.0696 e. The molecule has 2 rings (SSSR count). The number of aryl methyl sites for hydroxylation is 1. The highest BCUT2D eigenvalue weighted by Crippen LogP contribution is 2.16. The maximum absolute atomic E-state index is 2.99. The monoisotopic (exact) mass is 154 g/mol. The fraction of sp³-hybridized carbons (Fsp3) is 0.167. The summed E-state index contributed by atoms with van der Waals surface area (Å²) in [6.45, 7) is 2.17. The van der Waals surface area contributed by atoms with Crippen LogP contribution in [0.5, 0.6) is 0 Å². The minimum atomic E-state index is 1.08. The molecule has 0 aliphatic carbocycles. The van der Waals surface area contributed by atoms with E-state index in [0.29, 0.717) is 0 Å². The average molecular weight is 154 g/mol. The number of hydrogen-bond donors (Lipinski definition) is 0. The van der Waals surface area contributed by atoms with Gasteiger partial charge in [0.15, 0.2) is 0 Å². The Labute approximate surface area is 72.8 Å². The molecule has 0 N–H and O–H groups in total. The molecule has 0 nitrogen and oxygen atoms in total. The van der Waals surface area contributed by atoms with Crippen LogP contribution in [0.3, 0.4) is 0 Å². The number of fused-ring (bicyclic) bond motifs is 1. The summed E-state index contributed by atoms with van der Waals surface area (Å²) in [6.07, 6.45) is 1.08. The Balaban J connectivity index is 2.79. The van der Waals surface area contributed by atoms with Crippen LogP contribution in [0.4, 0.5) is 0 Å². The molecule has 0 heteroatoms. The van der Waals surface area contributed by atoms with Crippen LogP contribution in [-0.2, 0) is 6.42 Å². The Morgan fingerprint density at radius 3 is 2.83 bits per heavy atom. The molecule has 0 unspecified atom stereocenters. The van der Waals surface area contributed by atoms with Gasteiger partial charge in [0.1, 0.15) is 0 Å². The van der Waals surface area contributed by atoms with Crippen molar-refractivity contribution in [2.75, 3.05) is 0 Å². The summed E-state index contributed by atoms with van der Waals surface area (Å²) in [6, 6.07) is 16.3. The quantitative estimate of drug-likeness (QED) is 0.592. The van der Waals surface area contributed by atoms with E-state index >= 15 is 0 Å². The van der Waals surface area contributed by atoms with E-state index < -0.39 is 0 Å². The summed E-state index contributed by atoms with van der Waals surface area (Å²) < 4.78 is 0. The third kappa shape index (κ3) is 1.04. The summed E-state index contributed by atoms with van der Waals surface area (Å²) in [4.78, 5) is 0. The van der Waals surface area contributed by atoms with Gasteiger partial charge in [0.05, 0.1) is 0 Å². The third-order valence-electron chi connectivity index (χ3n) is 2.14. The first-order valence-electron chi connectivity index (χ1n) is 4.21. The molecule has 0 radical (unpaired) electrons. The predicted octanol–water partition coefficient (Wildman–Crippen LogP) is 3.00. The zero-order chi connectivity index (χ0) is 8.39. The topological polar surface area (TPSA) is 0 Å². The SMILES string of the molecule is CCc1cccc2cc#ccc12. The molecule has 0 amide bonds.